The first-order valence-electron chi connectivity index (χ1n) is 10.1. The van der Waals surface area contributed by atoms with Gasteiger partial charge in [-0.1, -0.05) is 18.2 Å². The van der Waals surface area contributed by atoms with E-state index in [1.165, 1.54) is 12.0 Å². The van der Waals surface area contributed by atoms with Crippen molar-refractivity contribution in [2.45, 2.75) is 19.8 Å². The second-order valence-corrected chi connectivity index (χ2v) is 7.44. The molecule has 154 valence electrons. The van der Waals surface area contributed by atoms with E-state index in [1.54, 1.807) is 25.3 Å². The summed E-state index contributed by atoms with van der Waals surface area (Å²) < 4.78 is 4.95. The molecule has 6 nitrogen and oxygen atoms in total. The molecular formula is C23H29N3O3. The minimum Gasteiger partial charge on any atom is -0.383 e. The molecule has 1 atom stereocenters. The van der Waals surface area contributed by atoms with Crippen LogP contribution in [0.5, 0.6) is 0 Å². The summed E-state index contributed by atoms with van der Waals surface area (Å²) >= 11 is 0. The minimum atomic E-state index is -0.181. The first kappa shape index (κ1) is 21.0. The van der Waals surface area contributed by atoms with Crippen LogP contribution < -0.4 is 16.0 Å². The Morgan fingerprint density at radius 3 is 2.62 bits per heavy atom. The van der Waals surface area contributed by atoms with Gasteiger partial charge in [0.25, 0.3) is 11.8 Å². The van der Waals surface area contributed by atoms with Gasteiger partial charge in [-0.15, -0.1) is 0 Å². The van der Waals surface area contributed by atoms with Crippen LogP contribution in [0, 0.1) is 12.8 Å². The summed E-state index contributed by atoms with van der Waals surface area (Å²) in [6.07, 6.45) is 2.24. The van der Waals surface area contributed by atoms with Gasteiger partial charge in [0.1, 0.15) is 0 Å². The third kappa shape index (κ3) is 5.65. The van der Waals surface area contributed by atoms with Crippen LogP contribution in [0.15, 0.2) is 42.5 Å². The average Bonchev–Trinajstić information content (AvgIpc) is 3.23. The first-order chi connectivity index (χ1) is 14.1. The van der Waals surface area contributed by atoms with Crippen molar-refractivity contribution < 1.29 is 14.3 Å². The van der Waals surface area contributed by atoms with Crippen molar-refractivity contribution in [1.82, 2.24) is 10.6 Å². The fourth-order valence-electron chi connectivity index (χ4n) is 3.59. The smallest absolute Gasteiger partial charge is 0.255 e. The van der Waals surface area contributed by atoms with Crippen molar-refractivity contribution in [1.29, 1.82) is 0 Å². The number of nitrogens with one attached hydrogen (secondary N) is 3. The standard InChI is InChI=1S/C23H29N3O3/c1-16-20(23(28)25-12-13-29-2)4-3-5-21(16)26-22(27)19-8-6-17(7-9-19)14-18-10-11-24-15-18/h3-9,18,24H,10-15H2,1-2H3,(H,25,28)(H,26,27). The summed E-state index contributed by atoms with van der Waals surface area (Å²) in [4.78, 5) is 25.0. The van der Waals surface area contributed by atoms with Gasteiger partial charge in [-0.2, -0.15) is 0 Å². The van der Waals surface area contributed by atoms with Crippen LogP contribution in [-0.2, 0) is 11.2 Å². The largest absolute Gasteiger partial charge is 0.383 e. The second kappa shape index (κ2) is 10.2. The molecule has 0 bridgehead atoms. The van der Waals surface area contributed by atoms with Crippen LogP contribution >= 0.6 is 0 Å². The molecule has 1 saturated heterocycles. The predicted molar refractivity (Wildman–Crippen MR) is 114 cm³/mol. The van der Waals surface area contributed by atoms with E-state index in [9.17, 15) is 9.59 Å². The summed E-state index contributed by atoms with van der Waals surface area (Å²) in [5.74, 6) is 0.315. The van der Waals surface area contributed by atoms with Crippen LogP contribution in [0.3, 0.4) is 0 Å². The molecule has 1 aliphatic heterocycles. The van der Waals surface area contributed by atoms with Gasteiger partial charge in [-0.25, -0.2) is 0 Å². The monoisotopic (exact) mass is 395 g/mol. The number of ether oxygens (including phenoxy) is 1. The van der Waals surface area contributed by atoms with E-state index >= 15 is 0 Å². The van der Waals surface area contributed by atoms with Crippen molar-refractivity contribution in [3.8, 4) is 0 Å². The highest BCUT2D eigenvalue weighted by Crippen LogP contribution is 2.21. The number of methoxy groups -OCH3 is 1. The summed E-state index contributed by atoms with van der Waals surface area (Å²) in [5, 5.41) is 9.12. The molecule has 2 aromatic carbocycles. The number of anilines is 1. The van der Waals surface area contributed by atoms with Crippen LogP contribution in [0.25, 0.3) is 0 Å². The first-order valence-corrected chi connectivity index (χ1v) is 10.1. The van der Waals surface area contributed by atoms with Gasteiger partial charge in [0, 0.05) is 30.5 Å². The number of amides is 2. The maximum Gasteiger partial charge on any atom is 0.255 e. The highest BCUT2D eigenvalue weighted by atomic mass is 16.5. The Kier molecular flexibility index (Phi) is 7.38. The fraction of sp³-hybridized carbons (Fsp3) is 0.391. The molecule has 0 saturated carbocycles. The second-order valence-electron chi connectivity index (χ2n) is 7.44. The fourth-order valence-corrected chi connectivity index (χ4v) is 3.59. The molecule has 0 spiro atoms. The van der Waals surface area contributed by atoms with E-state index in [4.69, 9.17) is 4.74 Å². The van der Waals surface area contributed by atoms with Gasteiger partial charge in [0.15, 0.2) is 0 Å². The average molecular weight is 396 g/mol. The quantitative estimate of drug-likeness (QED) is 0.601. The molecule has 2 amide bonds. The zero-order valence-corrected chi connectivity index (χ0v) is 17.1. The lowest BCUT2D eigenvalue weighted by Gasteiger charge is -2.13. The van der Waals surface area contributed by atoms with Crippen molar-refractivity contribution in [3.63, 3.8) is 0 Å². The lowest BCUT2D eigenvalue weighted by Crippen LogP contribution is -2.27. The Morgan fingerprint density at radius 1 is 1.14 bits per heavy atom. The molecule has 29 heavy (non-hydrogen) atoms. The Bertz CT molecular complexity index is 843. The lowest BCUT2D eigenvalue weighted by molar-refractivity contribution is 0.0935. The predicted octanol–water partition coefficient (Wildman–Crippen LogP) is 2.78. The van der Waals surface area contributed by atoms with Crippen molar-refractivity contribution in [2.24, 2.45) is 5.92 Å². The minimum absolute atomic E-state index is 0.179. The Balaban J connectivity index is 1.64. The Labute approximate surface area is 172 Å². The molecule has 2 aromatic rings. The highest BCUT2D eigenvalue weighted by molar-refractivity contribution is 6.06. The molecule has 3 N–H and O–H groups in total. The van der Waals surface area contributed by atoms with Gasteiger partial charge in [0.2, 0.25) is 0 Å². The van der Waals surface area contributed by atoms with Crippen molar-refractivity contribution in [3.05, 3.63) is 64.7 Å². The molecule has 1 unspecified atom stereocenters. The van der Waals surface area contributed by atoms with Gasteiger partial charge in [0.05, 0.1) is 6.61 Å². The molecule has 1 aliphatic rings. The zero-order chi connectivity index (χ0) is 20.6. The van der Waals surface area contributed by atoms with Gasteiger partial charge in [-0.3, -0.25) is 9.59 Å². The number of hydrogen-bond donors (Lipinski definition) is 3. The number of carbonyl (C=O) groups is 2. The van der Waals surface area contributed by atoms with Crippen molar-refractivity contribution in [2.75, 3.05) is 38.7 Å². The summed E-state index contributed by atoms with van der Waals surface area (Å²) in [6.45, 7) is 4.88. The van der Waals surface area contributed by atoms with Crippen LogP contribution in [-0.4, -0.2) is 45.2 Å². The number of carbonyl (C=O) groups excluding carboxylic acids is 2. The van der Waals surface area contributed by atoms with E-state index in [0.717, 1.165) is 25.1 Å². The molecular weight excluding hydrogens is 366 g/mol. The Morgan fingerprint density at radius 2 is 1.93 bits per heavy atom. The van der Waals surface area contributed by atoms with E-state index < -0.39 is 0 Å². The summed E-state index contributed by atoms with van der Waals surface area (Å²) in [7, 11) is 1.59. The molecule has 6 heteroatoms. The maximum absolute atomic E-state index is 12.7. The Hall–Kier alpha value is -2.70. The normalized spacial score (nSPS) is 15.9. The summed E-state index contributed by atoms with van der Waals surface area (Å²) in [5.41, 5.74) is 3.77. The molecule has 0 radical (unpaired) electrons. The molecule has 3 rings (SSSR count). The van der Waals surface area contributed by atoms with Gasteiger partial charge in [-0.05, 0) is 74.2 Å². The van der Waals surface area contributed by atoms with Gasteiger partial charge < -0.3 is 20.7 Å². The number of hydrogen-bond acceptors (Lipinski definition) is 4. The topological polar surface area (TPSA) is 79.5 Å². The van der Waals surface area contributed by atoms with Crippen LogP contribution in [0.2, 0.25) is 0 Å². The van der Waals surface area contributed by atoms with Crippen molar-refractivity contribution >= 4 is 17.5 Å². The van der Waals surface area contributed by atoms with E-state index in [-0.39, 0.29) is 11.8 Å². The van der Waals surface area contributed by atoms with Gasteiger partial charge >= 0.3 is 0 Å². The maximum atomic E-state index is 12.7. The van der Waals surface area contributed by atoms with Crippen LogP contribution in [0.1, 0.15) is 38.3 Å². The van der Waals surface area contributed by atoms with E-state index in [0.29, 0.717) is 35.9 Å². The van der Waals surface area contributed by atoms with Crippen LogP contribution in [0.4, 0.5) is 5.69 Å². The zero-order valence-electron chi connectivity index (χ0n) is 17.1. The molecule has 0 aromatic heterocycles. The lowest BCUT2D eigenvalue weighted by atomic mass is 9.98. The number of benzene rings is 2. The van der Waals surface area contributed by atoms with E-state index in [1.807, 2.05) is 31.2 Å². The third-order valence-electron chi connectivity index (χ3n) is 5.32. The van der Waals surface area contributed by atoms with E-state index in [2.05, 4.69) is 16.0 Å². The molecule has 1 fully saturated rings. The molecule has 1 heterocycles. The SMILES string of the molecule is COCCNC(=O)c1cccc(NC(=O)c2ccc(CC3CCNC3)cc2)c1C. The number of rotatable bonds is 8. The molecule has 0 aliphatic carbocycles. The highest BCUT2D eigenvalue weighted by Gasteiger charge is 2.16. The third-order valence-corrected chi connectivity index (χ3v) is 5.32. The summed E-state index contributed by atoms with van der Waals surface area (Å²) in [6, 6.07) is 13.1.